The third kappa shape index (κ3) is 4.25. The highest BCUT2D eigenvalue weighted by Crippen LogP contribution is 2.45. The van der Waals surface area contributed by atoms with E-state index in [1.165, 1.54) is 11.1 Å². The minimum atomic E-state index is -0.289. The van der Waals surface area contributed by atoms with Gasteiger partial charge >= 0.3 is 6.09 Å². The van der Waals surface area contributed by atoms with Crippen LogP contribution in [-0.4, -0.2) is 36.7 Å². The Morgan fingerprint density at radius 1 is 1.06 bits per heavy atom. The molecular formula is C26H30Cl2N2O2. The minimum absolute atomic E-state index is 0.0145. The first kappa shape index (κ1) is 22.1. The number of benzene rings is 2. The number of nitrogens with one attached hydrogen (secondary N) is 1. The molecule has 0 aromatic heterocycles. The summed E-state index contributed by atoms with van der Waals surface area (Å²) in [4.78, 5) is 15.3. The number of halogens is 2. The van der Waals surface area contributed by atoms with Gasteiger partial charge in [0.2, 0.25) is 0 Å². The van der Waals surface area contributed by atoms with Crippen LogP contribution in [0.5, 0.6) is 0 Å². The van der Waals surface area contributed by atoms with Crippen LogP contribution >= 0.6 is 23.2 Å². The number of fused-ring (bicyclic) bond motifs is 4. The van der Waals surface area contributed by atoms with E-state index < -0.39 is 0 Å². The van der Waals surface area contributed by atoms with Gasteiger partial charge in [0.15, 0.2) is 0 Å². The molecule has 1 amide bonds. The SMILES string of the molecule is CC1(C)CCc2cc(-c3ccc(Cl)c(Cl)c3)ccc2C1NC(=O)O[C@@H]1CN2CCC1CC2. The quantitative estimate of drug-likeness (QED) is 0.554. The number of piperidine rings is 3. The van der Waals surface area contributed by atoms with Gasteiger partial charge in [0.05, 0.1) is 16.1 Å². The Morgan fingerprint density at radius 3 is 2.47 bits per heavy atom. The average Bonchev–Trinajstić information content (AvgIpc) is 2.78. The van der Waals surface area contributed by atoms with Crippen molar-refractivity contribution >= 4 is 29.3 Å². The molecule has 4 nitrogen and oxygen atoms in total. The number of alkyl carbamates (subject to hydrolysis) is 1. The number of hydrogen-bond donors (Lipinski definition) is 1. The fourth-order valence-corrected chi connectivity index (χ4v) is 5.89. The van der Waals surface area contributed by atoms with E-state index in [0.717, 1.165) is 56.4 Å². The molecule has 3 fully saturated rings. The van der Waals surface area contributed by atoms with Gasteiger partial charge in [-0.3, -0.25) is 4.90 Å². The molecule has 2 atom stereocenters. The second-order valence-electron chi connectivity index (χ2n) is 10.2. The van der Waals surface area contributed by atoms with E-state index in [1.807, 2.05) is 18.2 Å². The number of carbonyl (C=O) groups excluding carboxylic acids is 1. The van der Waals surface area contributed by atoms with Crippen LogP contribution in [0.4, 0.5) is 4.79 Å². The number of hydrogen-bond acceptors (Lipinski definition) is 3. The molecule has 6 rings (SSSR count). The van der Waals surface area contributed by atoms with E-state index in [0.29, 0.717) is 16.0 Å². The van der Waals surface area contributed by atoms with Crippen molar-refractivity contribution in [3.8, 4) is 11.1 Å². The monoisotopic (exact) mass is 472 g/mol. The minimum Gasteiger partial charge on any atom is -0.445 e. The molecule has 0 spiro atoms. The number of aryl methyl sites for hydroxylation is 1. The van der Waals surface area contributed by atoms with Crippen molar-refractivity contribution in [3.05, 3.63) is 57.6 Å². The zero-order chi connectivity index (χ0) is 22.5. The fourth-order valence-electron chi connectivity index (χ4n) is 5.59. The van der Waals surface area contributed by atoms with Gasteiger partial charge in [0.1, 0.15) is 6.10 Å². The van der Waals surface area contributed by atoms with E-state index in [2.05, 4.69) is 42.3 Å². The molecule has 3 saturated heterocycles. The smallest absolute Gasteiger partial charge is 0.407 e. The van der Waals surface area contributed by atoms with Gasteiger partial charge in [0, 0.05) is 6.54 Å². The molecule has 1 aliphatic carbocycles. The lowest BCUT2D eigenvalue weighted by Gasteiger charge is -2.44. The summed E-state index contributed by atoms with van der Waals surface area (Å²) < 4.78 is 5.93. The van der Waals surface area contributed by atoms with Crippen LogP contribution in [0.2, 0.25) is 10.0 Å². The van der Waals surface area contributed by atoms with Crippen molar-refractivity contribution in [2.24, 2.45) is 11.3 Å². The predicted molar refractivity (Wildman–Crippen MR) is 129 cm³/mol. The summed E-state index contributed by atoms with van der Waals surface area (Å²) in [5.74, 6) is 0.506. The van der Waals surface area contributed by atoms with Crippen molar-refractivity contribution in [2.75, 3.05) is 19.6 Å². The summed E-state index contributed by atoms with van der Waals surface area (Å²) in [7, 11) is 0. The third-order valence-corrected chi connectivity index (χ3v) is 8.38. The first-order chi connectivity index (χ1) is 15.3. The van der Waals surface area contributed by atoms with Crippen molar-refractivity contribution in [2.45, 2.75) is 51.7 Å². The maximum absolute atomic E-state index is 12.9. The van der Waals surface area contributed by atoms with E-state index in [9.17, 15) is 4.79 Å². The summed E-state index contributed by atoms with van der Waals surface area (Å²) in [5.41, 5.74) is 4.54. The Bertz CT molecular complexity index is 1030. The lowest BCUT2D eigenvalue weighted by molar-refractivity contribution is -0.0353. The summed E-state index contributed by atoms with van der Waals surface area (Å²) in [6.07, 6.45) is 3.96. The molecule has 3 aliphatic heterocycles. The third-order valence-electron chi connectivity index (χ3n) is 7.64. The van der Waals surface area contributed by atoms with Crippen LogP contribution in [0.1, 0.15) is 50.3 Å². The summed E-state index contributed by atoms with van der Waals surface area (Å²) in [6, 6.07) is 12.1. The van der Waals surface area contributed by atoms with Gasteiger partial charge in [-0.1, -0.05) is 61.3 Å². The highest BCUT2D eigenvalue weighted by atomic mass is 35.5. The van der Waals surface area contributed by atoms with Crippen LogP contribution < -0.4 is 5.32 Å². The molecule has 1 unspecified atom stereocenters. The molecule has 2 aromatic rings. The van der Waals surface area contributed by atoms with Crippen molar-refractivity contribution < 1.29 is 9.53 Å². The van der Waals surface area contributed by atoms with E-state index in [-0.39, 0.29) is 23.7 Å². The second kappa shape index (κ2) is 8.55. The van der Waals surface area contributed by atoms with Gasteiger partial charge in [-0.15, -0.1) is 0 Å². The van der Waals surface area contributed by atoms with Gasteiger partial charge in [-0.05, 0) is 84.5 Å². The molecule has 170 valence electrons. The fraction of sp³-hybridized carbons (Fsp3) is 0.500. The highest BCUT2D eigenvalue weighted by molar-refractivity contribution is 6.42. The van der Waals surface area contributed by atoms with Crippen molar-refractivity contribution in [1.29, 1.82) is 0 Å². The van der Waals surface area contributed by atoms with Crippen LogP contribution in [0, 0.1) is 11.3 Å². The molecule has 0 radical (unpaired) electrons. The van der Waals surface area contributed by atoms with Crippen molar-refractivity contribution in [3.63, 3.8) is 0 Å². The highest BCUT2D eigenvalue weighted by Gasteiger charge is 2.40. The molecule has 4 aliphatic rings. The topological polar surface area (TPSA) is 41.6 Å². The van der Waals surface area contributed by atoms with Crippen LogP contribution in [-0.2, 0) is 11.2 Å². The van der Waals surface area contributed by atoms with Crippen LogP contribution in [0.3, 0.4) is 0 Å². The molecule has 32 heavy (non-hydrogen) atoms. The lowest BCUT2D eigenvalue weighted by Crippen LogP contribution is -2.53. The number of rotatable bonds is 3. The molecule has 2 bridgehead atoms. The van der Waals surface area contributed by atoms with E-state index in [1.54, 1.807) is 0 Å². The molecule has 2 aromatic carbocycles. The van der Waals surface area contributed by atoms with Gasteiger partial charge < -0.3 is 10.1 Å². The van der Waals surface area contributed by atoms with Gasteiger partial charge in [-0.2, -0.15) is 0 Å². The molecule has 6 heteroatoms. The molecule has 1 N–H and O–H groups in total. The van der Waals surface area contributed by atoms with Gasteiger partial charge in [-0.25, -0.2) is 4.79 Å². The van der Waals surface area contributed by atoms with Crippen molar-refractivity contribution in [1.82, 2.24) is 10.2 Å². The summed E-state index contributed by atoms with van der Waals surface area (Å²) in [5, 5.41) is 4.34. The van der Waals surface area contributed by atoms with E-state index >= 15 is 0 Å². The molecular weight excluding hydrogens is 443 g/mol. The predicted octanol–water partition coefficient (Wildman–Crippen LogP) is 6.49. The Morgan fingerprint density at radius 2 is 1.78 bits per heavy atom. The first-order valence-electron chi connectivity index (χ1n) is 11.6. The standard InChI is InChI=1S/C26H30Cl2N2O2/c1-26(2)10-7-19-13-17(18-4-6-21(27)22(28)14-18)3-5-20(19)24(26)29-25(31)32-23-15-30-11-8-16(23)9-12-30/h3-6,13-14,16,23-24H,7-12,15H2,1-2H3,(H,29,31)/t23-,24?/m1/s1. The van der Waals surface area contributed by atoms with Crippen LogP contribution in [0.15, 0.2) is 36.4 Å². The summed E-state index contributed by atoms with van der Waals surface area (Å²) in [6.45, 7) is 7.59. The Balaban J connectivity index is 1.36. The number of nitrogens with zero attached hydrogens (tertiary/aromatic N) is 1. The Labute approximate surface area is 200 Å². The Kier molecular flexibility index (Phi) is 5.90. The zero-order valence-corrected chi connectivity index (χ0v) is 20.2. The number of amides is 1. The zero-order valence-electron chi connectivity index (χ0n) is 18.7. The lowest BCUT2D eigenvalue weighted by atomic mass is 9.70. The maximum Gasteiger partial charge on any atom is 0.407 e. The second-order valence-corrected chi connectivity index (χ2v) is 11.0. The van der Waals surface area contributed by atoms with E-state index in [4.69, 9.17) is 27.9 Å². The normalized spacial score (nSPS) is 28.1. The first-order valence-corrected chi connectivity index (χ1v) is 12.3. The largest absolute Gasteiger partial charge is 0.445 e. The maximum atomic E-state index is 12.9. The van der Waals surface area contributed by atoms with Crippen LogP contribution in [0.25, 0.3) is 11.1 Å². The molecule has 3 heterocycles. The molecule has 0 saturated carbocycles. The number of carbonyl (C=O) groups is 1. The average molecular weight is 473 g/mol. The number of ether oxygens (including phenoxy) is 1. The Hall–Kier alpha value is -1.75. The summed E-state index contributed by atoms with van der Waals surface area (Å²) >= 11 is 12.3. The van der Waals surface area contributed by atoms with Gasteiger partial charge in [0.25, 0.3) is 0 Å².